The van der Waals surface area contributed by atoms with Crippen molar-refractivity contribution in [3.8, 4) is 0 Å². The zero-order valence-corrected chi connectivity index (χ0v) is 13.5. The summed E-state index contributed by atoms with van der Waals surface area (Å²) in [5.74, 6) is 0. The van der Waals surface area contributed by atoms with Crippen molar-refractivity contribution in [2.45, 2.75) is 51.2 Å². The maximum Gasteiger partial charge on any atom is 0.206 e. The molecule has 0 spiro atoms. The van der Waals surface area contributed by atoms with Crippen LogP contribution in [-0.2, 0) is 8.85 Å². The molecule has 4 rings (SSSR count). The number of ether oxygens (including phenoxy) is 1. The first-order valence-corrected chi connectivity index (χ1v) is 12.7. The van der Waals surface area contributed by atoms with Crippen molar-refractivity contribution in [3.05, 3.63) is 23.3 Å². The van der Waals surface area contributed by atoms with E-state index in [9.17, 15) is 0 Å². The maximum absolute atomic E-state index is 6.51. The molecule has 2 atom stereocenters. The van der Waals surface area contributed by atoms with Crippen LogP contribution in [0.3, 0.4) is 0 Å². The standard InChI is InChI=1S/C14H20O2Si2/c1-17(2)13-7-9-10(12-6-5-11(9)15-12)8-14(13)18(3,4)16-17/h7-8,11-12H,5-6H2,1-4H3. The number of fused-ring (bicyclic) bond motifs is 6. The molecule has 1 aromatic carbocycles. The summed E-state index contributed by atoms with van der Waals surface area (Å²) in [4.78, 5) is 0. The Labute approximate surface area is 111 Å². The highest BCUT2D eigenvalue weighted by atomic mass is 28.4. The van der Waals surface area contributed by atoms with Crippen LogP contribution in [0.1, 0.15) is 36.2 Å². The second-order valence-electron chi connectivity index (χ2n) is 6.84. The van der Waals surface area contributed by atoms with E-state index in [0.29, 0.717) is 12.2 Å². The number of hydrogen-bond donors (Lipinski definition) is 0. The van der Waals surface area contributed by atoms with Gasteiger partial charge in [-0.15, -0.1) is 0 Å². The highest BCUT2D eigenvalue weighted by molar-refractivity contribution is 7.05. The third-order valence-corrected chi connectivity index (χ3v) is 12.5. The summed E-state index contributed by atoms with van der Waals surface area (Å²) in [7, 11) is -3.32. The average Bonchev–Trinajstić information content (AvgIpc) is 2.90. The van der Waals surface area contributed by atoms with E-state index in [1.54, 1.807) is 10.4 Å². The molecular formula is C14H20O2Si2. The summed E-state index contributed by atoms with van der Waals surface area (Å²) in [6.45, 7) is 9.37. The molecule has 3 aliphatic rings. The van der Waals surface area contributed by atoms with Gasteiger partial charge < -0.3 is 8.85 Å². The third kappa shape index (κ3) is 1.29. The fourth-order valence-corrected chi connectivity index (χ4v) is 14.3. The Morgan fingerprint density at radius 3 is 1.78 bits per heavy atom. The molecule has 18 heavy (non-hydrogen) atoms. The molecule has 3 heterocycles. The van der Waals surface area contributed by atoms with Gasteiger partial charge in [-0.25, -0.2) is 0 Å². The first kappa shape index (κ1) is 11.4. The highest BCUT2D eigenvalue weighted by Gasteiger charge is 2.49. The number of rotatable bonds is 0. The molecule has 2 nitrogen and oxygen atoms in total. The van der Waals surface area contributed by atoms with E-state index in [1.165, 1.54) is 24.0 Å². The van der Waals surface area contributed by atoms with Crippen LogP contribution in [0.4, 0.5) is 0 Å². The first-order chi connectivity index (χ1) is 8.38. The van der Waals surface area contributed by atoms with Crippen LogP contribution in [0.15, 0.2) is 12.1 Å². The summed E-state index contributed by atoms with van der Waals surface area (Å²) in [5.41, 5.74) is 2.95. The third-order valence-electron chi connectivity index (χ3n) is 4.74. The molecule has 3 aliphatic heterocycles. The molecule has 1 aromatic rings. The van der Waals surface area contributed by atoms with Crippen LogP contribution in [0.25, 0.3) is 0 Å². The van der Waals surface area contributed by atoms with Gasteiger partial charge in [-0.05, 0) is 60.5 Å². The maximum atomic E-state index is 6.51. The monoisotopic (exact) mass is 276 g/mol. The number of hydrogen-bond acceptors (Lipinski definition) is 2. The molecule has 0 N–H and O–H groups in total. The van der Waals surface area contributed by atoms with Gasteiger partial charge in [0, 0.05) is 0 Å². The molecule has 2 bridgehead atoms. The van der Waals surface area contributed by atoms with Gasteiger partial charge in [-0.3, -0.25) is 0 Å². The lowest BCUT2D eigenvalue weighted by molar-refractivity contribution is 0.0717. The predicted octanol–water partition coefficient (Wildman–Crippen LogP) is 2.45. The molecule has 2 unspecified atom stereocenters. The molecule has 0 aliphatic carbocycles. The second kappa shape index (κ2) is 3.18. The Hall–Kier alpha value is -0.426. The zero-order chi connectivity index (χ0) is 12.7. The quantitative estimate of drug-likeness (QED) is 0.678. The fraction of sp³-hybridized carbons (Fsp3) is 0.571. The average molecular weight is 276 g/mol. The van der Waals surface area contributed by atoms with Crippen LogP contribution in [-0.4, -0.2) is 16.6 Å². The first-order valence-electron chi connectivity index (χ1n) is 6.93. The molecule has 1 fully saturated rings. The highest BCUT2D eigenvalue weighted by Crippen LogP contribution is 2.50. The summed E-state index contributed by atoms with van der Waals surface area (Å²) < 4.78 is 12.6. The van der Waals surface area contributed by atoms with E-state index in [4.69, 9.17) is 8.85 Å². The lowest BCUT2D eigenvalue weighted by atomic mass is 9.92. The molecule has 1 saturated heterocycles. The SMILES string of the molecule is C[Si]1(C)O[Si](C)(C)c2cc3c(cc21)C1CCC3O1. The minimum atomic E-state index is -1.66. The van der Waals surface area contributed by atoms with E-state index in [-0.39, 0.29) is 0 Å². The van der Waals surface area contributed by atoms with Gasteiger partial charge in [-0.2, -0.15) is 0 Å². The smallest absolute Gasteiger partial charge is 0.206 e. The van der Waals surface area contributed by atoms with Gasteiger partial charge >= 0.3 is 0 Å². The topological polar surface area (TPSA) is 18.5 Å². The minimum absolute atomic E-state index is 0.380. The van der Waals surface area contributed by atoms with Crippen LogP contribution in [0.5, 0.6) is 0 Å². The summed E-state index contributed by atoms with van der Waals surface area (Å²) in [6.07, 6.45) is 3.18. The van der Waals surface area contributed by atoms with Crippen LogP contribution in [0, 0.1) is 0 Å². The van der Waals surface area contributed by atoms with E-state index >= 15 is 0 Å². The van der Waals surface area contributed by atoms with Gasteiger partial charge in [0.1, 0.15) is 0 Å². The molecule has 0 saturated carbocycles. The van der Waals surface area contributed by atoms with Gasteiger partial charge in [0.05, 0.1) is 12.2 Å². The number of benzene rings is 1. The van der Waals surface area contributed by atoms with Gasteiger partial charge in [-0.1, -0.05) is 12.1 Å². The molecular weight excluding hydrogens is 256 g/mol. The Morgan fingerprint density at radius 2 is 1.33 bits per heavy atom. The Balaban J connectivity index is 1.97. The lowest BCUT2D eigenvalue weighted by Gasteiger charge is -2.22. The van der Waals surface area contributed by atoms with E-state index in [1.807, 2.05) is 0 Å². The van der Waals surface area contributed by atoms with Crippen molar-refractivity contribution >= 4 is 27.0 Å². The fourth-order valence-electron chi connectivity index (χ4n) is 4.03. The lowest BCUT2D eigenvalue weighted by Crippen LogP contribution is -2.44. The van der Waals surface area contributed by atoms with Gasteiger partial charge in [0.15, 0.2) is 0 Å². The summed E-state index contributed by atoms with van der Waals surface area (Å²) >= 11 is 0. The van der Waals surface area contributed by atoms with Crippen LogP contribution < -0.4 is 10.4 Å². The summed E-state index contributed by atoms with van der Waals surface area (Å²) in [5, 5.41) is 3.10. The molecule has 0 radical (unpaired) electrons. The van der Waals surface area contributed by atoms with Crippen molar-refractivity contribution in [3.63, 3.8) is 0 Å². The van der Waals surface area contributed by atoms with E-state index in [2.05, 4.69) is 38.3 Å². The van der Waals surface area contributed by atoms with Crippen LogP contribution >= 0.6 is 0 Å². The zero-order valence-electron chi connectivity index (χ0n) is 11.5. The van der Waals surface area contributed by atoms with Gasteiger partial charge in [0.2, 0.25) is 16.6 Å². The van der Waals surface area contributed by atoms with E-state index < -0.39 is 16.6 Å². The predicted molar refractivity (Wildman–Crippen MR) is 77.6 cm³/mol. The Bertz CT molecular complexity index is 504. The molecule has 0 aromatic heterocycles. The summed E-state index contributed by atoms with van der Waals surface area (Å²) in [6, 6.07) is 4.89. The van der Waals surface area contributed by atoms with Crippen molar-refractivity contribution < 1.29 is 8.85 Å². The van der Waals surface area contributed by atoms with Crippen LogP contribution in [0.2, 0.25) is 26.2 Å². The Morgan fingerprint density at radius 1 is 0.889 bits per heavy atom. The molecule has 4 heteroatoms. The van der Waals surface area contributed by atoms with Crippen molar-refractivity contribution in [2.24, 2.45) is 0 Å². The molecule has 96 valence electrons. The normalized spacial score (nSPS) is 33.6. The van der Waals surface area contributed by atoms with Gasteiger partial charge in [0.25, 0.3) is 0 Å². The van der Waals surface area contributed by atoms with Crippen molar-refractivity contribution in [1.82, 2.24) is 0 Å². The minimum Gasteiger partial charge on any atom is -0.449 e. The van der Waals surface area contributed by atoms with Crippen molar-refractivity contribution in [2.75, 3.05) is 0 Å². The van der Waals surface area contributed by atoms with E-state index in [0.717, 1.165) is 0 Å². The second-order valence-corrected chi connectivity index (χ2v) is 14.8. The molecule has 0 amide bonds. The van der Waals surface area contributed by atoms with Crippen molar-refractivity contribution in [1.29, 1.82) is 0 Å². The Kier molecular flexibility index (Phi) is 2.01. The largest absolute Gasteiger partial charge is 0.449 e.